The number of nitrogens with zero attached hydrogens (tertiary/aromatic N) is 2. The lowest BCUT2D eigenvalue weighted by molar-refractivity contribution is 0.146. The molecule has 22 heavy (non-hydrogen) atoms. The van der Waals surface area contributed by atoms with Gasteiger partial charge >= 0.3 is 0 Å². The van der Waals surface area contributed by atoms with Crippen molar-refractivity contribution in [3.63, 3.8) is 0 Å². The summed E-state index contributed by atoms with van der Waals surface area (Å²) in [5, 5.41) is 6.49. The largest absolute Gasteiger partial charge is 0.382 e. The highest BCUT2D eigenvalue weighted by Gasteiger charge is 2.20. The second-order valence-electron chi connectivity index (χ2n) is 5.23. The molecule has 7 nitrogen and oxygen atoms in total. The van der Waals surface area contributed by atoms with Crippen LogP contribution in [-0.4, -0.2) is 83.3 Å². The smallest absolute Gasteiger partial charge is 0.191 e. The Morgan fingerprint density at radius 1 is 1.23 bits per heavy atom. The van der Waals surface area contributed by atoms with Gasteiger partial charge in [-0.2, -0.15) is 0 Å². The molecule has 8 heteroatoms. The molecule has 0 unspecified atom stereocenters. The minimum Gasteiger partial charge on any atom is -0.382 e. The first-order valence-electron chi connectivity index (χ1n) is 8.10. The molecular formula is C14H30N4O3S. The third-order valence-electron chi connectivity index (χ3n) is 3.42. The molecule has 0 aromatic rings. The van der Waals surface area contributed by atoms with Crippen molar-refractivity contribution in [2.75, 3.05) is 64.0 Å². The Hall–Kier alpha value is -0.860. The molecule has 1 rings (SSSR count). The van der Waals surface area contributed by atoms with E-state index >= 15 is 0 Å². The van der Waals surface area contributed by atoms with Gasteiger partial charge in [0, 0.05) is 52.5 Å². The Morgan fingerprint density at radius 3 is 2.59 bits per heavy atom. The van der Waals surface area contributed by atoms with Crippen LogP contribution >= 0.6 is 0 Å². The van der Waals surface area contributed by atoms with Crippen LogP contribution in [0.1, 0.15) is 20.3 Å². The molecule has 0 bridgehead atoms. The summed E-state index contributed by atoms with van der Waals surface area (Å²) >= 11 is 0. The molecule has 1 aliphatic rings. The first-order chi connectivity index (χ1) is 10.6. The second kappa shape index (κ2) is 10.8. The van der Waals surface area contributed by atoms with Gasteiger partial charge in [0.25, 0.3) is 0 Å². The molecule has 0 spiro atoms. The third kappa shape index (κ3) is 8.55. The summed E-state index contributed by atoms with van der Waals surface area (Å²) in [4.78, 5) is 6.66. The number of aliphatic imine (C=N–C) groups is 1. The minimum absolute atomic E-state index is 0.276. The van der Waals surface area contributed by atoms with E-state index in [9.17, 15) is 8.42 Å². The standard InChI is InChI=1S/C14H30N4O3S/c1-3-15-14(16-6-5-11-21-4-2)17-7-8-18-9-12-22(19,20)13-10-18/h3-13H2,1-2H3,(H2,15,16,17). The van der Waals surface area contributed by atoms with E-state index in [1.54, 1.807) is 0 Å². The van der Waals surface area contributed by atoms with Crippen LogP contribution in [0.25, 0.3) is 0 Å². The van der Waals surface area contributed by atoms with Crippen molar-refractivity contribution in [2.24, 2.45) is 4.99 Å². The summed E-state index contributed by atoms with van der Waals surface area (Å²) < 4.78 is 28.0. The maximum Gasteiger partial charge on any atom is 0.191 e. The average Bonchev–Trinajstić information content (AvgIpc) is 2.48. The number of hydrogen-bond donors (Lipinski definition) is 2. The number of rotatable bonds is 9. The number of guanidine groups is 1. The quantitative estimate of drug-likeness (QED) is 0.342. The zero-order valence-corrected chi connectivity index (χ0v) is 14.6. The molecular weight excluding hydrogens is 304 g/mol. The van der Waals surface area contributed by atoms with E-state index in [0.29, 0.717) is 13.1 Å². The highest BCUT2D eigenvalue weighted by atomic mass is 32.2. The predicted octanol–water partition coefficient (Wildman–Crippen LogP) is -0.301. The Balaban J connectivity index is 2.22. The first-order valence-corrected chi connectivity index (χ1v) is 9.92. The summed E-state index contributed by atoms with van der Waals surface area (Å²) in [6.07, 6.45) is 0.911. The van der Waals surface area contributed by atoms with Crippen molar-refractivity contribution in [1.82, 2.24) is 15.5 Å². The normalized spacial score (nSPS) is 19.1. The van der Waals surface area contributed by atoms with Crippen molar-refractivity contribution in [3.8, 4) is 0 Å². The molecule has 1 saturated heterocycles. The van der Waals surface area contributed by atoms with Crippen LogP contribution in [0.15, 0.2) is 4.99 Å². The number of hydrogen-bond acceptors (Lipinski definition) is 5. The summed E-state index contributed by atoms with van der Waals surface area (Å²) in [5.74, 6) is 1.36. The lowest BCUT2D eigenvalue weighted by atomic mass is 10.4. The molecule has 2 N–H and O–H groups in total. The van der Waals surface area contributed by atoms with E-state index in [1.165, 1.54) is 0 Å². The zero-order valence-electron chi connectivity index (χ0n) is 13.8. The maximum atomic E-state index is 11.4. The molecule has 0 atom stereocenters. The van der Waals surface area contributed by atoms with Gasteiger partial charge in [-0.05, 0) is 20.3 Å². The van der Waals surface area contributed by atoms with E-state index in [4.69, 9.17) is 4.74 Å². The molecule has 0 saturated carbocycles. The van der Waals surface area contributed by atoms with Gasteiger partial charge in [-0.1, -0.05) is 0 Å². The molecule has 1 heterocycles. The van der Waals surface area contributed by atoms with Crippen molar-refractivity contribution >= 4 is 15.8 Å². The fraction of sp³-hybridized carbons (Fsp3) is 0.929. The second-order valence-corrected chi connectivity index (χ2v) is 7.54. The van der Waals surface area contributed by atoms with E-state index in [-0.39, 0.29) is 11.5 Å². The van der Waals surface area contributed by atoms with Crippen LogP contribution in [0.3, 0.4) is 0 Å². The number of sulfone groups is 1. The van der Waals surface area contributed by atoms with Crippen LogP contribution in [0, 0.1) is 0 Å². The summed E-state index contributed by atoms with van der Waals surface area (Å²) in [6.45, 7) is 9.91. The highest BCUT2D eigenvalue weighted by Crippen LogP contribution is 2.02. The molecule has 0 radical (unpaired) electrons. The van der Waals surface area contributed by atoms with E-state index < -0.39 is 9.84 Å². The molecule has 0 amide bonds. The summed E-state index contributed by atoms with van der Waals surface area (Å²) in [5.41, 5.74) is 0. The number of ether oxygens (including phenoxy) is 1. The fourth-order valence-electron chi connectivity index (χ4n) is 2.15. The van der Waals surface area contributed by atoms with Gasteiger partial charge in [-0.3, -0.25) is 9.89 Å². The highest BCUT2D eigenvalue weighted by molar-refractivity contribution is 7.91. The Morgan fingerprint density at radius 2 is 1.95 bits per heavy atom. The summed E-state index contributed by atoms with van der Waals surface area (Å²) in [7, 11) is -2.80. The monoisotopic (exact) mass is 334 g/mol. The SMILES string of the molecule is CCNC(=NCCCOCC)NCCN1CCS(=O)(=O)CC1. The topological polar surface area (TPSA) is 83.0 Å². The number of nitrogens with one attached hydrogen (secondary N) is 2. The van der Waals surface area contributed by atoms with Crippen LogP contribution < -0.4 is 10.6 Å². The lowest BCUT2D eigenvalue weighted by Crippen LogP contribution is -2.46. The molecule has 1 fully saturated rings. The van der Waals surface area contributed by atoms with Crippen LogP contribution in [0.5, 0.6) is 0 Å². The van der Waals surface area contributed by atoms with Crippen molar-refractivity contribution in [2.45, 2.75) is 20.3 Å². The first kappa shape index (κ1) is 19.2. The van der Waals surface area contributed by atoms with Gasteiger partial charge in [0.15, 0.2) is 15.8 Å². The minimum atomic E-state index is -2.80. The lowest BCUT2D eigenvalue weighted by Gasteiger charge is -2.26. The maximum absolute atomic E-state index is 11.4. The Kier molecular flexibility index (Phi) is 9.42. The van der Waals surface area contributed by atoms with E-state index in [1.807, 2.05) is 13.8 Å². The molecule has 0 aromatic carbocycles. The van der Waals surface area contributed by atoms with Gasteiger partial charge in [-0.25, -0.2) is 8.42 Å². The average molecular weight is 334 g/mol. The van der Waals surface area contributed by atoms with Crippen molar-refractivity contribution < 1.29 is 13.2 Å². The summed E-state index contributed by atoms with van der Waals surface area (Å²) in [6, 6.07) is 0. The van der Waals surface area contributed by atoms with Crippen molar-refractivity contribution in [1.29, 1.82) is 0 Å². The van der Waals surface area contributed by atoms with Gasteiger partial charge < -0.3 is 15.4 Å². The molecule has 1 aliphatic heterocycles. The van der Waals surface area contributed by atoms with Crippen LogP contribution in [-0.2, 0) is 14.6 Å². The van der Waals surface area contributed by atoms with E-state index in [2.05, 4.69) is 20.5 Å². The van der Waals surface area contributed by atoms with Gasteiger partial charge in [0.2, 0.25) is 0 Å². The zero-order chi connectivity index (χ0) is 16.3. The Bertz CT molecular complexity index is 412. The van der Waals surface area contributed by atoms with Crippen LogP contribution in [0.4, 0.5) is 0 Å². The molecule has 130 valence electrons. The molecule has 0 aliphatic carbocycles. The van der Waals surface area contributed by atoms with Gasteiger partial charge in [0.05, 0.1) is 11.5 Å². The third-order valence-corrected chi connectivity index (χ3v) is 5.03. The fourth-order valence-corrected chi connectivity index (χ4v) is 3.43. The van der Waals surface area contributed by atoms with Crippen LogP contribution in [0.2, 0.25) is 0 Å². The predicted molar refractivity (Wildman–Crippen MR) is 90.2 cm³/mol. The van der Waals surface area contributed by atoms with Gasteiger partial charge in [0.1, 0.15) is 0 Å². The van der Waals surface area contributed by atoms with Crippen molar-refractivity contribution in [3.05, 3.63) is 0 Å². The van der Waals surface area contributed by atoms with Gasteiger partial charge in [-0.15, -0.1) is 0 Å². The molecule has 0 aromatic heterocycles. The Labute approximate surface area is 134 Å². The van der Waals surface area contributed by atoms with E-state index in [0.717, 1.165) is 51.8 Å².